The van der Waals surface area contributed by atoms with Crippen molar-refractivity contribution in [2.24, 2.45) is 0 Å². The smallest absolute Gasteiger partial charge is 0.255 e. The molecule has 0 fully saturated rings. The molecular formula is C27H20Cl2N4O3. The number of ether oxygens (including phenoxy) is 2. The van der Waals surface area contributed by atoms with Crippen LogP contribution in [0.3, 0.4) is 0 Å². The van der Waals surface area contributed by atoms with Gasteiger partial charge in [-0.1, -0.05) is 53.5 Å². The van der Waals surface area contributed by atoms with Crippen molar-refractivity contribution in [1.82, 2.24) is 15.0 Å². The molecular weight excluding hydrogens is 499 g/mol. The second-order valence-electron chi connectivity index (χ2n) is 7.88. The Morgan fingerprint density at radius 2 is 1.61 bits per heavy atom. The van der Waals surface area contributed by atoms with E-state index in [4.69, 9.17) is 32.7 Å². The summed E-state index contributed by atoms with van der Waals surface area (Å²) >= 11 is 12.4. The predicted octanol–water partition coefficient (Wildman–Crippen LogP) is 6.57. The summed E-state index contributed by atoms with van der Waals surface area (Å²) in [7, 11) is 1.52. The molecule has 0 spiro atoms. The van der Waals surface area contributed by atoms with E-state index in [9.17, 15) is 4.79 Å². The quantitative estimate of drug-likeness (QED) is 0.263. The number of nitrogens with one attached hydrogen (secondary N) is 1. The van der Waals surface area contributed by atoms with Crippen LogP contribution in [0, 0.1) is 0 Å². The molecule has 0 saturated heterocycles. The molecule has 0 aliphatic rings. The minimum Gasteiger partial charge on any atom is -0.493 e. The van der Waals surface area contributed by atoms with Gasteiger partial charge in [-0.3, -0.25) is 4.79 Å². The van der Waals surface area contributed by atoms with Crippen LogP contribution < -0.4 is 14.8 Å². The van der Waals surface area contributed by atoms with E-state index >= 15 is 0 Å². The molecule has 0 bridgehead atoms. The number of halogens is 2. The Kier molecular flexibility index (Phi) is 6.75. The van der Waals surface area contributed by atoms with Crippen LogP contribution in [0.1, 0.15) is 15.9 Å². The van der Waals surface area contributed by atoms with Crippen molar-refractivity contribution in [3.05, 3.63) is 106 Å². The van der Waals surface area contributed by atoms with Crippen LogP contribution >= 0.6 is 23.2 Å². The van der Waals surface area contributed by atoms with Gasteiger partial charge in [0.05, 0.1) is 23.5 Å². The Balaban J connectivity index is 1.33. The molecule has 0 aliphatic carbocycles. The van der Waals surface area contributed by atoms with Gasteiger partial charge in [0.15, 0.2) is 11.5 Å². The standard InChI is InChI=1S/C27H20Cl2N4O3/c1-35-26-13-18(9-12-25(26)36-16-17-7-10-19(28)11-8-17)27(34)30-22-15-24-23(14-21(22)29)31-33(32-24)20-5-3-2-4-6-20/h2-15H,16H2,1H3,(H,30,34). The first-order valence-corrected chi connectivity index (χ1v) is 11.7. The molecule has 4 aromatic carbocycles. The molecule has 1 N–H and O–H groups in total. The van der Waals surface area contributed by atoms with Crippen LogP contribution in [0.5, 0.6) is 11.5 Å². The SMILES string of the molecule is COc1cc(C(=O)Nc2cc3nn(-c4ccccc4)nc3cc2Cl)ccc1OCc1ccc(Cl)cc1. The second-order valence-corrected chi connectivity index (χ2v) is 8.72. The van der Waals surface area contributed by atoms with E-state index in [1.165, 1.54) is 11.9 Å². The molecule has 5 aromatic rings. The fraction of sp³-hybridized carbons (Fsp3) is 0.0741. The number of benzene rings is 4. The molecule has 1 aromatic heterocycles. The number of carbonyl (C=O) groups is 1. The normalized spacial score (nSPS) is 10.9. The van der Waals surface area contributed by atoms with Crippen LogP contribution in [0.25, 0.3) is 16.7 Å². The van der Waals surface area contributed by atoms with Gasteiger partial charge in [-0.2, -0.15) is 4.80 Å². The Bertz CT molecular complexity index is 1540. The van der Waals surface area contributed by atoms with Crippen molar-refractivity contribution in [3.63, 3.8) is 0 Å². The van der Waals surface area contributed by atoms with E-state index in [1.807, 2.05) is 42.5 Å². The second kappa shape index (κ2) is 10.3. The number of amides is 1. The molecule has 0 radical (unpaired) electrons. The minimum atomic E-state index is -0.353. The molecule has 5 rings (SSSR count). The van der Waals surface area contributed by atoms with Gasteiger partial charge in [0.25, 0.3) is 5.91 Å². The highest BCUT2D eigenvalue weighted by molar-refractivity contribution is 6.34. The van der Waals surface area contributed by atoms with Crippen molar-refractivity contribution in [2.75, 3.05) is 12.4 Å². The molecule has 7 nitrogen and oxygen atoms in total. The minimum absolute atomic E-state index is 0.332. The zero-order valence-corrected chi connectivity index (χ0v) is 20.6. The number of nitrogens with zero attached hydrogens (tertiary/aromatic N) is 3. The first kappa shape index (κ1) is 23.7. The Labute approximate surface area is 217 Å². The van der Waals surface area contributed by atoms with Crippen LogP contribution in [0.2, 0.25) is 10.0 Å². The molecule has 0 unspecified atom stereocenters. The summed E-state index contributed by atoms with van der Waals surface area (Å²) in [5.74, 6) is 0.596. The zero-order chi connectivity index (χ0) is 25.1. The molecule has 0 aliphatic heterocycles. The molecule has 1 heterocycles. The van der Waals surface area contributed by atoms with E-state index in [1.54, 1.807) is 42.5 Å². The largest absolute Gasteiger partial charge is 0.493 e. The predicted molar refractivity (Wildman–Crippen MR) is 141 cm³/mol. The van der Waals surface area contributed by atoms with E-state index in [0.29, 0.717) is 50.4 Å². The number of para-hydroxylation sites is 1. The summed E-state index contributed by atoms with van der Waals surface area (Å²) in [6.45, 7) is 0.332. The maximum atomic E-state index is 13.0. The number of aromatic nitrogens is 3. The van der Waals surface area contributed by atoms with Crippen molar-refractivity contribution in [2.45, 2.75) is 6.61 Å². The van der Waals surface area contributed by atoms with Gasteiger partial charge in [0.2, 0.25) is 0 Å². The average molecular weight is 519 g/mol. The molecule has 36 heavy (non-hydrogen) atoms. The number of anilines is 1. The highest BCUT2D eigenvalue weighted by Crippen LogP contribution is 2.31. The lowest BCUT2D eigenvalue weighted by atomic mass is 10.1. The Morgan fingerprint density at radius 3 is 2.33 bits per heavy atom. The van der Waals surface area contributed by atoms with Gasteiger partial charge in [0, 0.05) is 10.6 Å². The maximum Gasteiger partial charge on any atom is 0.255 e. The summed E-state index contributed by atoms with van der Waals surface area (Å²) in [5, 5.41) is 12.8. The summed E-state index contributed by atoms with van der Waals surface area (Å²) in [6, 6.07) is 25.3. The van der Waals surface area contributed by atoms with Crippen LogP contribution in [0.15, 0.2) is 84.9 Å². The van der Waals surface area contributed by atoms with E-state index in [-0.39, 0.29) is 5.91 Å². The summed E-state index contributed by atoms with van der Waals surface area (Å²) in [4.78, 5) is 14.5. The number of rotatable bonds is 7. The van der Waals surface area contributed by atoms with Gasteiger partial charge in [-0.05, 0) is 60.2 Å². The fourth-order valence-electron chi connectivity index (χ4n) is 3.57. The number of methoxy groups -OCH3 is 1. The van der Waals surface area contributed by atoms with Crippen LogP contribution in [-0.4, -0.2) is 28.0 Å². The monoisotopic (exact) mass is 518 g/mol. The molecule has 180 valence electrons. The lowest BCUT2D eigenvalue weighted by Crippen LogP contribution is -2.12. The van der Waals surface area contributed by atoms with Crippen LogP contribution in [0.4, 0.5) is 5.69 Å². The highest BCUT2D eigenvalue weighted by Gasteiger charge is 2.15. The first-order valence-electron chi connectivity index (χ1n) is 11.0. The highest BCUT2D eigenvalue weighted by atomic mass is 35.5. The lowest BCUT2D eigenvalue weighted by molar-refractivity contribution is 0.102. The van der Waals surface area contributed by atoms with E-state index < -0.39 is 0 Å². The Morgan fingerprint density at radius 1 is 0.889 bits per heavy atom. The molecule has 0 saturated carbocycles. The average Bonchev–Trinajstić information content (AvgIpc) is 3.31. The van der Waals surface area contributed by atoms with E-state index in [0.717, 1.165) is 11.3 Å². The van der Waals surface area contributed by atoms with Gasteiger partial charge >= 0.3 is 0 Å². The summed E-state index contributed by atoms with van der Waals surface area (Å²) in [6.07, 6.45) is 0. The third-order valence-corrected chi connectivity index (χ3v) is 6.00. The van der Waals surface area contributed by atoms with Crippen molar-refractivity contribution in [3.8, 4) is 17.2 Å². The topological polar surface area (TPSA) is 78.3 Å². The lowest BCUT2D eigenvalue weighted by Gasteiger charge is -2.13. The molecule has 0 atom stereocenters. The van der Waals surface area contributed by atoms with Gasteiger partial charge in [-0.25, -0.2) is 0 Å². The van der Waals surface area contributed by atoms with Gasteiger partial charge in [0.1, 0.15) is 17.6 Å². The summed E-state index contributed by atoms with van der Waals surface area (Å²) in [5.41, 5.74) is 3.80. The number of hydrogen-bond acceptors (Lipinski definition) is 5. The fourth-order valence-corrected chi connectivity index (χ4v) is 3.91. The number of hydrogen-bond donors (Lipinski definition) is 1. The first-order chi connectivity index (χ1) is 17.5. The van der Waals surface area contributed by atoms with Crippen molar-refractivity contribution < 1.29 is 14.3 Å². The van der Waals surface area contributed by atoms with Gasteiger partial charge in [-0.15, -0.1) is 10.2 Å². The van der Waals surface area contributed by atoms with Gasteiger partial charge < -0.3 is 14.8 Å². The van der Waals surface area contributed by atoms with Crippen molar-refractivity contribution in [1.29, 1.82) is 0 Å². The number of carbonyl (C=O) groups excluding carboxylic acids is 1. The molecule has 9 heteroatoms. The number of fused-ring (bicyclic) bond motifs is 1. The third-order valence-electron chi connectivity index (χ3n) is 5.44. The van der Waals surface area contributed by atoms with E-state index in [2.05, 4.69) is 15.5 Å². The van der Waals surface area contributed by atoms with Crippen LogP contribution in [-0.2, 0) is 6.61 Å². The Hall–Kier alpha value is -4.07. The maximum absolute atomic E-state index is 13.0. The molecule has 1 amide bonds. The summed E-state index contributed by atoms with van der Waals surface area (Å²) < 4.78 is 11.3. The zero-order valence-electron chi connectivity index (χ0n) is 19.1. The van der Waals surface area contributed by atoms with Crippen molar-refractivity contribution >= 4 is 45.8 Å². The third kappa shape index (κ3) is 5.12.